The summed E-state index contributed by atoms with van der Waals surface area (Å²) in [7, 11) is 1.73. The molecule has 0 amide bonds. The zero-order chi connectivity index (χ0) is 13.0. The lowest BCUT2D eigenvalue weighted by atomic mass is 9.86. The standard InChI is InChI=1S/C16H25NO/c1-12-6-4-5-7-15(12)17-11-14-8-9-16(18-3)13(2)10-14/h8-10,12,15,17H,4-7,11H2,1-3H3/t12-,15-/m0/s1. The van der Waals surface area contributed by atoms with E-state index in [4.69, 9.17) is 4.74 Å². The van der Waals surface area contributed by atoms with Gasteiger partial charge in [-0.05, 0) is 42.9 Å². The van der Waals surface area contributed by atoms with Crippen molar-refractivity contribution >= 4 is 0 Å². The minimum Gasteiger partial charge on any atom is -0.496 e. The maximum atomic E-state index is 5.29. The maximum absolute atomic E-state index is 5.29. The molecule has 0 aromatic heterocycles. The molecule has 18 heavy (non-hydrogen) atoms. The molecule has 0 spiro atoms. The third-order valence-corrected chi connectivity index (χ3v) is 4.14. The summed E-state index contributed by atoms with van der Waals surface area (Å²) < 4.78 is 5.29. The fraction of sp³-hybridized carbons (Fsp3) is 0.625. The smallest absolute Gasteiger partial charge is 0.121 e. The van der Waals surface area contributed by atoms with E-state index in [2.05, 4.69) is 37.4 Å². The Labute approximate surface area is 111 Å². The van der Waals surface area contributed by atoms with Crippen LogP contribution in [0.4, 0.5) is 0 Å². The van der Waals surface area contributed by atoms with Gasteiger partial charge in [-0.3, -0.25) is 0 Å². The molecule has 2 atom stereocenters. The average Bonchev–Trinajstić information content (AvgIpc) is 2.38. The van der Waals surface area contributed by atoms with Crippen LogP contribution in [0.5, 0.6) is 5.75 Å². The topological polar surface area (TPSA) is 21.3 Å². The number of methoxy groups -OCH3 is 1. The molecular weight excluding hydrogens is 222 g/mol. The Hall–Kier alpha value is -1.02. The van der Waals surface area contributed by atoms with Crippen molar-refractivity contribution in [3.8, 4) is 5.75 Å². The van der Waals surface area contributed by atoms with Crippen LogP contribution in [-0.2, 0) is 6.54 Å². The Morgan fingerprint density at radius 3 is 2.72 bits per heavy atom. The highest BCUT2D eigenvalue weighted by Gasteiger charge is 2.20. The molecule has 0 radical (unpaired) electrons. The first kappa shape index (κ1) is 13.4. The van der Waals surface area contributed by atoms with E-state index in [-0.39, 0.29) is 0 Å². The van der Waals surface area contributed by atoms with Gasteiger partial charge >= 0.3 is 0 Å². The van der Waals surface area contributed by atoms with Crippen LogP contribution in [0.15, 0.2) is 18.2 Å². The highest BCUT2D eigenvalue weighted by Crippen LogP contribution is 2.24. The molecule has 0 saturated heterocycles. The van der Waals surface area contributed by atoms with Crippen LogP contribution in [0.25, 0.3) is 0 Å². The van der Waals surface area contributed by atoms with Crippen molar-refractivity contribution in [3.05, 3.63) is 29.3 Å². The minimum atomic E-state index is 0.696. The van der Waals surface area contributed by atoms with Crippen molar-refractivity contribution in [2.24, 2.45) is 5.92 Å². The van der Waals surface area contributed by atoms with Crippen molar-refractivity contribution in [2.45, 2.75) is 52.1 Å². The van der Waals surface area contributed by atoms with Gasteiger partial charge in [-0.2, -0.15) is 0 Å². The normalized spacial score (nSPS) is 23.9. The molecule has 0 unspecified atom stereocenters. The molecule has 100 valence electrons. The molecule has 1 aromatic carbocycles. The fourth-order valence-corrected chi connectivity index (χ4v) is 2.92. The van der Waals surface area contributed by atoms with Crippen molar-refractivity contribution in [3.63, 3.8) is 0 Å². The summed E-state index contributed by atoms with van der Waals surface area (Å²) in [6.45, 7) is 5.45. The lowest BCUT2D eigenvalue weighted by Crippen LogP contribution is -2.36. The molecule has 0 bridgehead atoms. The first-order valence-corrected chi connectivity index (χ1v) is 7.07. The van der Waals surface area contributed by atoms with E-state index in [1.165, 1.54) is 36.8 Å². The molecule has 1 aliphatic rings. The number of nitrogens with one attached hydrogen (secondary N) is 1. The molecule has 1 N–H and O–H groups in total. The molecule has 0 aliphatic heterocycles. The molecule has 2 nitrogen and oxygen atoms in total. The largest absolute Gasteiger partial charge is 0.496 e. The fourth-order valence-electron chi connectivity index (χ4n) is 2.92. The number of hydrogen-bond donors (Lipinski definition) is 1. The molecule has 1 fully saturated rings. The van der Waals surface area contributed by atoms with Crippen LogP contribution < -0.4 is 10.1 Å². The van der Waals surface area contributed by atoms with Gasteiger partial charge in [0.2, 0.25) is 0 Å². The Kier molecular flexibility index (Phi) is 4.65. The van der Waals surface area contributed by atoms with Gasteiger partial charge in [-0.15, -0.1) is 0 Å². The molecule has 2 rings (SSSR count). The van der Waals surface area contributed by atoms with Crippen LogP contribution in [0, 0.1) is 12.8 Å². The SMILES string of the molecule is COc1ccc(CN[C@H]2CCCC[C@@H]2C)cc1C. The third-order valence-electron chi connectivity index (χ3n) is 4.14. The van der Waals surface area contributed by atoms with Crippen molar-refractivity contribution in [1.82, 2.24) is 5.32 Å². The number of benzene rings is 1. The maximum Gasteiger partial charge on any atom is 0.121 e. The summed E-state index contributed by atoms with van der Waals surface area (Å²) in [5, 5.41) is 3.71. The summed E-state index contributed by atoms with van der Waals surface area (Å²) in [5.74, 6) is 1.79. The zero-order valence-electron chi connectivity index (χ0n) is 11.8. The Bertz CT molecular complexity index is 389. The zero-order valence-corrected chi connectivity index (χ0v) is 11.8. The number of hydrogen-bond acceptors (Lipinski definition) is 2. The first-order chi connectivity index (χ1) is 8.70. The second kappa shape index (κ2) is 6.24. The van der Waals surface area contributed by atoms with Gasteiger partial charge < -0.3 is 10.1 Å². The van der Waals surface area contributed by atoms with Gasteiger partial charge in [0.15, 0.2) is 0 Å². The summed E-state index contributed by atoms with van der Waals surface area (Å²) in [6, 6.07) is 7.14. The van der Waals surface area contributed by atoms with Gasteiger partial charge in [0.1, 0.15) is 5.75 Å². The van der Waals surface area contributed by atoms with Crippen LogP contribution in [0.2, 0.25) is 0 Å². The van der Waals surface area contributed by atoms with Gasteiger partial charge in [0, 0.05) is 12.6 Å². The first-order valence-electron chi connectivity index (χ1n) is 7.07. The van der Waals surface area contributed by atoms with Crippen LogP contribution >= 0.6 is 0 Å². The number of ether oxygens (including phenoxy) is 1. The van der Waals surface area contributed by atoms with E-state index in [0.717, 1.165) is 18.2 Å². The molecule has 0 heterocycles. The van der Waals surface area contributed by atoms with Crippen LogP contribution in [0.1, 0.15) is 43.7 Å². The average molecular weight is 247 g/mol. The van der Waals surface area contributed by atoms with Crippen LogP contribution in [-0.4, -0.2) is 13.2 Å². The predicted octanol–water partition coefficient (Wildman–Crippen LogP) is 3.67. The summed E-state index contributed by atoms with van der Waals surface area (Å²) in [6.07, 6.45) is 5.49. The van der Waals surface area contributed by atoms with E-state index < -0.39 is 0 Å². The molecule has 1 saturated carbocycles. The quantitative estimate of drug-likeness (QED) is 0.876. The summed E-state index contributed by atoms with van der Waals surface area (Å²) in [4.78, 5) is 0. The summed E-state index contributed by atoms with van der Waals surface area (Å²) in [5.41, 5.74) is 2.57. The van der Waals surface area contributed by atoms with E-state index in [1.54, 1.807) is 7.11 Å². The van der Waals surface area contributed by atoms with Crippen molar-refractivity contribution in [1.29, 1.82) is 0 Å². The van der Waals surface area contributed by atoms with Gasteiger partial charge in [0.05, 0.1) is 7.11 Å². The second-order valence-electron chi connectivity index (χ2n) is 5.55. The van der Waals surface area contributed by atoms with Gasteiger partial charge in [0.25, 0.3) is 0 Å². The van der Waals surface area contributed by atoms with Crippen molar-refractivity contribution < 1.29 is 4.74 Å². The van der Waals surface area contributed by atoms with Crippen molar-refractivity contribution in [2.75, 3.05) is 7.11 Å². The van der Waals surface area contributed by atoms with Gasteiger partial charge in [-0.1, -0.05) is 31.9 Å². The Morgan fingerprint density at radius 1 is 1.28 bits per heavy atom. The molecule has 1 aliphatic carbocycles. The molecule has 2 heteroatoms. The second-order valence-corrected chi connectivity index (χ2v) is 5.55. The lowest BCUT2D eigenvalue weighted by Gasteiger charge is -2.29. The summed E-state index contributed by atoms with van der Waals surface area (Å²) >= 11 is 0. The Balaban J connectivity index is 1.91. The lowest BCUT2D eigenvalue weighted by molar-refractivity contribution is 0.279. The third kappa shape index (κ3) is 3.26. The minimum absolute atomic E-state index is 0.696. The molecular formula is C16H25NO. The highest BCUT2D eigenvalue weighted by molar-refractivity contribution is 5.36. The predicted molar refractivity (Wildman–Crippen MR) is 76.0 cm³/mol. The monoisotopic (exact) mass is 247 g/mol. The highest BCUT2D eigenvalue weighted by atomic mass is 16.5. The van der Waals surface area contributed by atoms with E-state index in [0.29, 0.717) is 6.04 Å². The van der Waals surface area contributed by atoms with Gasteiger partial charge in [-0.25, -0.2) is 0 Å². The number of aryl methyl sites for hydroxylation is 1. The van der Waals surface area contributed by atoms with E-state index >= 15 is 0 Å². The van der Waals surface area contributed by atoms with E-state index in [1.807, 2.05) is 0 Å². The molecule has 1 aromatic rings. The van der Waals surface area contributed by atoms with E-state index in [9.17, 15) is 0 Å². The van der Waals surface area contributed by atoms with Crippen LogP contribution in [0.3, 0.4) is 0 Å². The number of rotatable bonds is 4. The Morgan fingerprint density at radius 2 is 2.06 bits per heavy atom.